The van der Waals surface area contributed by atoms with Crippen LogP contribution >= 0.6 is 0 Å². The summed E-state index contributed by atoms with van der Waals surface area (Å²) in [4.78, 5) is 2.24. The van der Waals surface area contributed by atoms with E-state index >= 15 is 0 Å². The molecular formula is C14H19NO2. The van der Waals surface area contributed by atoms with Crippen LogP contribution in [0.15, 0.2) is 30.3 Å². The molecule has 3 heterocycles. The van der Waals surface area contributed by atoms with Gasteiger partial charge in [-0.25, -0.2) is 0 Å². The van der Waals surface area contributed by atoms with Crippen LogP contribution in [0, 0.1) is 5.92 Å². The molecule has 3 heteroatoms. The highest BCUT2D eigenvalue weighted by atomic mass is 16.3. The van der Waals surface area contributed by atoms with Crippen molar-refractivity contribution < 1.29 is 10.2 Å². The molecule has 0 aliphatic carbocycles. The molecule has 17 heavy (non-hydrogen) atoms. The van der Waals surface area contributed by atoms with Crippen LogP contribution in [-0.2, 0) is 0 Å². The smallest absolute Gasteiger partial charge is 0.0970 e. The summed E-state index contributed by atoms with van der Waals surface area (Å²) in [6, 6.07) is 9.55. The average molecular weight is 233 g/mol. The second-order valence-corrected chi connectivity index (χ2v) is 5.21. The first kappa shape index (κ1) is 11.2. The van der Waals surface area contributed by atoms with Crippen molar-refractivity contribution >= 4 is 0 Å². The lowest BCUT2D eigenvalue weighted by atomic mass is 9.77. The number of piperidine rings is 3. The molecule has 0 saturated carbocycles. The maximum absolute atomic E-state index is 10.4. The number of fused-ring (bicyclic) bond motifs is 3. The lowest BCUT2D eigenvalue weighted by Gasteiger charge is -2.50. The van der Waals surface area contributed by atoms with Gasteiger partial charge in [0, 0.05) is 0 Å². The Hall–Kier alpha value is -0.900. The second-order valence-electron chi connectivity index (χ2n) is 5.21. The Balaban J connectivity index is 1.84. The van der Waals surface area contributed by atoms with Crippen LogP contribution < -0.4 is 0 Å². The van der Waals surface area contributed by atoms with Crippen LogP contribution in [0.4, 0.5) is 0 Å². The molecule has 1 aromatic carbocycles. The van der Waals surface area contributed by atoms with E-state index in [4.69, 9.17) is 0 Å². The zero-order valence-electron chi connectivity index (χ0n) is 9.87. The Labute approximate surface area is 102 Å². The van der Waals surface area contributed by atoms with Crippen LogP contribution in [0.2, 0.25) is 0 Å². The van der Waals surface area contributed by atoms with E-state index in [0.29, 0.717) is 5.92 Å². The van der Waals surface area contributed by atoms with Gasteiger partial charge in [0.05, 0.1) is 18.2 Å². The van der Waals surface area contributed by atoms with Gasteiger partial charge in [-0.05, 0) is 37.4 Å². The van der Waals surface area contributed by atoms with E-state index in [9.17, 15) is 10.2 Å². The van der Waals surface area contributed by atoms with Crippen molar-refractivity contribution in [2.75, 3.05) is 13.1 Å². The van der Waals surface area contributed by atoms with Crippen molar-refractivity contribution in [3.8, 4) is 0 Å². The summed E-state index contributed by atoms with van der Waals surface area (Å²) < 4.78 is 0. The van der Waals surface area contributed by atoms with Crippen LogP contribution in [0.1, 0.15) is 24.5 Å². The molecule has 0 amide bonds. The van der Waals surface area contributed by atoms with Crippen LogP contribution in [0.25, 0.3) is 0 Å². The summed E-state index contributed by atoms with van der Waals surface area (Å²) in [7, 11) is 0. The van der Waals surface area contributed by atoms with E-state index < -0.39 is 6.10 Å². The van der Waals surface area contributed by atoms with E-state index in [-0.39, 0.29) is 12.1 Å². The fourth-order valence-electron chi connectivity index (χ4n) is 3.29. The summed E-state index contributed by atoms with van der Waals surface area (Å²) in [5.41, 5.74) is 0.907. The summed E-state index contributed by atoms with van der Waals surface area (Å²) in [5.74, 6) is 0.378. The van der Waals surface area contributed by atoms with Gasteiger partial charge < -0.3 is 10.2 Å². The Morgan fingerprint density at radius 1 is 1.12 bits per heavy atom. The largest absolute Gasteiger partial charge is 0.391 e. The first-order valence-electron chi connectivity index (χ1n) is 6.42. The Kier molecular flexibility index (Phi) is 2.90. The van der Waals surface area contributed by atoms with Gasteiger partial charge in [-0.1, -0.05) is 30.3 Å². The van der Waals surface area contributed by atoms with E-state index in [1.807, 2.05) is 30.3 Å². The highest BCUT2D eigenvalue weighted by Crippen LogP contribution is 2.37. The standard InChI is InChI=1S/C14H19NO2/c16-13(10-4-2-1-3-5-10)12-14(17)11-6-8-15(12)9-7-11/h1-5,11-14,16-17H,6-9H2. The molecule has 3 atom stereocenters. The molecule has 3 fully saturated rings. The molecule has 0 aromatic heterocycles. The first-order valence-corrected chi connectivity index (χ1v) is 6.42. The SMILES string of the molecule is OC(c1ccccc1)C1C(O)C2CCN1CC2. The quantitative estimate of drug-likeness (QED) is 0.806. The van der Waals surface area contributed by atoms with E-state index in [1.54, 1.807) is 0 Å². The van der Waals surface area contributed by atoms with E-state index in [2.05, 4.69) is 4.90 Å². The summed E-state index contributed by atoms with van der Waals surface area (Å²) >= 11 is 0. The predicted molar refractivity (Wildman–Crippen MR) is 65.5 cm³/mol. The molecule has 0 radical (unpaired) electrons. The average Bonchev–Trinajstić information content (AvgIpc) is 2.40. The fraction of sp³-hybridized carbons (Fsp3) is 0.571. The summed E-state index contributed by atoms with van der Waals surface area (Å²) in [6.07, 6.45) is 1.18. The Morgan fingerprint density at radius 3 is 2.35 bits per heavy atom. The Bertz CT molecular complexity index is 371. The van der Waals surface area contributed by atoms with E-state index in [0.717, 1.165) is 31.5 Å². The summed E-state index contributed by atoms with van der Waals surface area (Å²) in [5, 5.41) is 20.7. The van der Waals surface area contributed by atoms with Gasteiger partial charge in [-0.3, -0.25) is 4.90 Å². The van der Waals surface area contributed by atoms with Gasteiger partial charge >= 0.3 is 0 Å². The number of rotatable bonds is 2. The lowest BCUT2D eigenvalue weighted by molar-refractivity contribution is -0.116. The van der Waals surface area contributed by atoms with Crippen molar-refractivity contribution in [2.24, 2.45) is 5.92 Å². The number of benzene rings is 1. The second kappa shape index (κ2) is 4.41. The minimum absolute atomic E-state index is 0.120. The molecule has 4 rings (SSSR count). The van der Waals surface area contributed by atoms with Crippen LogP contribution in [0.3, 0.4) is 0 Å². The van der Waals surface area contributed by atoms with E-state index in [1.165, 1.54) is 0 Å². The third-order valence-electron chi connectivity index (χ3n) is 4.29. The molecule has 0 spiro atoms. The maximum Gasteiger partial charge on any atom is 0.0970 e. The molecule has 3 aliphatic rings. The van der Waals surface area contributed by atoms with Gasteiger partial charge in [-0.2, -0.15) is 0 Å². The van der Waals surface area contributed by atoms with Crippen molar-refractivity contribution in [3.63, 3.8) is 0 Å². The number of aliphatic hydroxyl groups excluding tert-OH is 2. The molecule has 2 bridgehead atoms. The van der Waals surface area contributed by atoms with Crippen molar-refractivity contribution in [3.05, 3.63) is 35.9 Å². The zero-order chi connectivity index (χ0) is 11.8. The van der Waals surface area contributed by atoms with Gasteiger partial charge in [0.2, 0.25) is 0 Å². The highest BCUT2D eigenvalue weighted by Gasteiger charge is 2.44. The molecule has 3 saturated heterocycles. The predicted octanol–water partition coefficient (Wildman–Crippen LogP) is 1.18. The number of hydrogen-bond donors (Lipinski definition) is 2. The maximum atomic E-state index is 10.4. The normalized spacial score (nSPS) is 38.0. The topological polar surface area (TPSA) is 43.7 Å². The molecule has 3 unspecified atom stereocenters. The van der Waals surface area contributed by atoms with Crippen LogP contribution in [0.5, 0.6) is 0 Å². The Morgan fingerprint density at radius 2 is 1.76 bits per heavy atom. The number of aliphatic hydroxyl groups is 2. The van der Waals surface area contributed by atoms with Gasteiger partial charge in [-0.15, -0.1) is 0 Å². The van der Waals surface area contributed by atoms with Crippen molar-refractivity contribution in [1.29, 1.82) is 0 Å². The monoisotopic (exact) mass is 233 g/mol. The summed E-state index contributed by atoms with van der Waals surface area (Å²) in [6.45, 7) is 2.02. The molecule has 3 nitrogen and oxygen atoms in total. The van der Waals surface area contributed by atoms with Gasteiger partial charge in [0.25, 0.3) is 0 Å². The molecule has 92 valence electrons. The van der Waals surface area contributed by atoms with Crippen molar-refractivity contribution in [1.82, 2.24) is 4.90 Å². The fourth-order valence-corrected chi connectivity index (χ4v) is 3.29. The third-order valence-corrected chi connectivity index (χ3v) is 4.29. The molecule has 1 aromatic rings. The molecule has 3 aliphatic heterocycles. The molecule has 2 N–H and O–H groups in total. The molecular weight excluding hydrogens is 214 g/mol. The number of nitrogens with zero attached hydrogens (tertiary/aromatic N) is 1. The van der Waals surface area contributed by atoms with Crippen molar-refractivity contribution in [2.45, 2.75) is 31.1 Å². The minimum Gasteiger partial charge on any atom is -0.391 e. The minimum atomic E-state index is -0.575. The van der Waals surface area contributed by atoms with Gasteiger partial charge in [0.15, 0.2) is 0 Å². The zero-order valence-corrected chi connectivity index (χ0v) is 9.87. The first-order chi connectivity index (χ1) is 8.27. The lowest BCUT2D eigenvalue weighted by Crippen LogP contribution is -2.59. The number of hydrogen-bond acceptors (Lipinski definition) is 3. The highest BCUT2D eigenvalue weighted by molar-refractivity contribution is 5.20. The van der Waals surface area contributed by atoms with Gasteiger partial charge in [0.1, 0.15) is 0 Å². The third kappa shape index (κ3) is 1.88. The van der Waals surface area contributed by atoms with Crippen LogP contribution in [-0.4, -0.2) is 40.3 Å².